The summed E-state index contributed by atoms with van der Waals surface area (Å²) in [6.07, 6.45) is 0. The quantitative estimate of drug-likeness (QED) is 0.615. The number of hydroxylamine groups is 1. The zero-order valence-electron chi connectivity index (χ0n) is 9.15. The van der Waals surface area contributed by atoms with Crippen LogP contribution in [-0.4, -0.2) is 40.3 Å². The van der Waals surface area contributed by atoms with Crippen LogP contribution < -0.4 is 15.7 Å². The summed E-state index contributed by atoms with van der Waals surface area (Å²) in [5.41, 5.74) is 0. The minimum absolute atomic E-state index is 0.205. The average Bonchev–Trinajstić information content (AvgIpc) is 2.18. The molecule has 0 saturated carbocycles. The molecule has 0 aliphatic rings. The Balaban J connectivity index is 2.97. The molecule has 15 heavy (non-hydrogen) atoms. The van der Waals surface area contributed by atoms with Gasteiger partial charge in [-0.25, -0.2) is 5.06 Å². The van der Waals surface area contributed by atoms with Crippen LogP contribution in [0.5, 0.6) is 0 Å². The number of hydrogen-bond donors (Lipinski definition) is 3. The molecule has 7 heteroatoms. The summed E-state index contributed by atoms with van der Waals surface area (Å²) in [5, 5.41) is 16.0. The van der Waals surface area contributed by atoms with Crippen molar-refractivity contribution in [2.45, 2.75) is 13.8 Å². The van der Waals surface area contributed by atoms with E-state index in [0.29, 0.717) is 25.0 Å². The maximum absolute atomic E-state index is 9.23. The average molecular weight is 212 g/mol. The summed E-state index contributed by atoms with van der Waals surface area (Å²) in [7, 11) is 1.46. The lowest BCUT2D eigenvalue weighted by Gasteiger charge is -2.11. The summed E-state index contributed by atoms with van der Waals surface area (Å²) >= 11 is 0. The van der Waals surface area contributed by atoms with Gasteiger partial charge in [0.15, 0.2) is 0 Å². The van der Waals surface area contributed by atoms with Gasteiger partial charge in [0.2, 0.25) is 11.9 Å². The van der Waals surface area contributed by atoms with E-state index in [0.717, 1.165) is 5.06 Å². The lowest BCUT2D eigenvalue weighted by Crippen LogP contribution is -2.17. The normalized spacial score (nSPS) is 9.87. The molecule has 0 amide bonds. The van der Waals surface area contributed by atoms with Crippen LogP contribution in [0.1, 0.15) is 13.8 Å². The highest BCUT2D eigenvalue weighted by Gasteiger charge is 2.07. The number of nitrogens with zero attached hydrogens (tertiary/aromatic N) is 4. The molecule has 0 fully saturated rings. The molecule has 1 rings (SSSR count). The molecule has 0 aliphatic carbocycles. The van der Waals surface area contributed by atoms with Gasteiger partial charge in [0.1, 0.15) is 0 Å². The maximum Gasteiger partial charge on any atom is 0.255 e. The lowest BCUT2D eigenvalue weighted by atomic mass is 10.7. The first kappa shape index (κ1) is 11.4. The Morgan fingerprint density at radius 2 is 1.53 bits per heavy atom. The van der Waals surface area contributed by atoms with Crippen molar-refractivity contribution in [1.82, 2.24) is 15.0 Å². The topological polar surface area (TPSA) is 86.2 Å². The third-order valence-electron chi connectivity index (χ3n) is 1.58. The van der Waals surface area contributed by atoms with E-state index in [1.54, 1.807) is 0 Å². The third-order valence-corrected chi connectivity index (χ3v) is 1.58. The van der Waals surface area contributed by atoms with Crippen LogP contribution in [0.25, 0.3) is 0 Å². The number of anilines is 3. The Labute approximate surface area is 88.5 Å². The maximum atomic E-state index is 9.23. The van der Waals surface area contributed by atoms with Crippen molar-refractivity contribution in [3.63, 3.8) is 0 Å². The minimum atomic E-state index is 0.205. The molecule has 1 heterocycles. The van der Waals surface area contributed by atoms with E-state index >= 15 is 0 Å². The monoisotopic (exact) mass is 212 g/mol. The van der Waals surface area contributed by atoms with Crippen molar-refractivity contribution in [3.05, 3.63) is 0 Å². The molecule has 7 nitrogen and oxygen atoms in total. The van der Waals surface area contributed by atoms with Gasteiger partial charge in [0.05, 0.1) is 0 Å². The Kier molecular flexibility index (Phi) is 4.04. The molecule has 0 saturated heterocycles. The first-order chi connectivity index (χ1) is 7.17. The Hall–Kier alpha value is -1.63. The number of rotatable bonds is 5. The summed E-state index contributed by atoms with van der Waals surface area (Å²) in [5.74, 6) is 1.09. The molecule has 84 valence electrons. The van der Waals surface area contributed by atoms with Gasteiger partial charge in [-0.1, -0.05) is 0 Å². The van der Waals surface area contributed by atoms with E-state index in [-0.39, 0.29) is 5.95 Å². The summed E-state index contributed by atoms with van der Waals surface area (Å²) in [6, 6.07) is 0. The number of aromatic nitrogens is 3. The van der Waals surface area contributed by atoms with E-state index in [2.05, 4.69) is 25.6 Å². The molecule has 0 unspecified atom stereocenters. The van der Waals surface area contributed by atoms with Crippen LogP contribution in [0.2, 0.25) is 0 Å². The first-order valence-corrected chi connectivity index (χ1v) is 4.83. The van der Waals surface area contributed by atoms with Crippen molar-refractivity contribution in [3.8, 4) is 0 Å². The van der Waals surface area contributed by atoms with Crippen LogP contribution in [0.3, 0.4) is 0 Å². The highest BCUT2D eigenvalue weighted by molar-refractivity contribution is 5.41. The van der Waals surface area contributed by atoms with Crippen LogP contribution in [0, 0.1) is 0 Å². The standard InChI is InChI=1S/C8H16N6O/c1-4-9-6-11-7(10-5-2)13-8(12-6)14(3)15/h15H,4-5H2,1-3H3,(H2,9,10,11,12,13). The molecule has 0 atom stereocenters. The Morgan fingerprint density at radius 1 is 1.07 bits per heavy atom. The van der Waals surface area contributed by atoms with Gasteiger partial charge in [-0.15, -0.1) is 0 Å². The van der Waals surface area contributed by atoms with Crippen LogP contribution in [-0.2, 0) is 0 Å². The smallest absolute Gasteiger partial charge is 0.255 e. The molecule has 0 radical (unpaired) electrons. The molecule has 0 aromatic carbocycles. The fourth-order valence-corrected chi connectivity index (χ4v) is 0.984. The Morgan fingerprint density at radius 3 is 1.87 bits per heavy atom. The SMILES string of the molecule is CCNc1nc(NCC)nc(N(C)O)n1. The van der Waals surface area contributed by atoms with Crippen molar-refractivity contribution in [1.29, 1.82) is 0 Å². The van der Waals surface area contributed by atoms with E-state index in [1.807, 2.05) is 13.8 Å². The second-order valence-electron chi connectivity index (χ2n) is 2.87. The molecule has 0 aliphatic heterocycles. The molecule has 1 aromatic heterocycles. The second kappa shape index (κ2) is 5.30. The van der Waals surface area contributed by atoms with Gasteiger partial charge in [0, 0.05) is 20.1 Å². The largest absolute Gasteiger partial charge is 0.354 e. The van der Waals surface area contributed by atoms with Gasteiger partial charge >= 0.3 is 0 Å². The predicted molar refractivity (Wildman–Crippen MR) is 58.3 cm³/mol. The van der Waals surface area contributed by atoms with Gasteiger partial charge in [0.25, 0.3) is 5.95 Å². The first-order valence-electron chi connectivity index (χ1n) is 4.83. The van der Waals surface area contributed by atoms with Crippen molar-refractivity contribution >= 4 is 17.8 Å². The Bertz CT molecular complexity index is 292. The molecule has 3 N–H and O–H groups in total. The fourth-order valence-electron chi connectivity index (χ4n) is 0.984. The van der Waals surface area contributed by atoms with Crippen molar-refractivity contribution in [2.24, 2.45) is 0 Å². The van der Waals surface area contributed by atoms with Crippen molar-refractivity contribution < 1.29 is 5.21 Å². The molecular formula is C8H16N6O. The van der Waals surface area contributed by atoms with Crippen LogP contribution in [0.4, 0.5) is 17.8 Å². The molecule has 0 spiro atoms. The minimum Gasteiger partial charge on any atom is -0.354 e. The fraction of sp³-hybridized carbons (Fsp3) is 0.625. The molecule has 1 aromatic rings. The lowest BCUT2D eigenvalue weighted by molar-refractivity contribution is 0.272. The predicted octanol–water partition coefficient (Wildman–Crippen LogP) is 0.561. The van der Waals surface area contributed by atoms with Gasteiger partial charge in [-0.05, 0) is 13.8 Å². The van der Waals surface area contributed by atoms with Crippen LogP contribution in [0.15, 0.2) is 0 Å². The van der Waals surface area contributed by atoms with Gasteiger partial charge < -0.3 is 10.6 Å². The number of nitrogens with one attached hydrogen (secondary N) is 2. The van der Waals surface area contributed by atoms with E-state index in [4.69, 9.17) is 0 Å². The molecule has 0 bridgehead atoms. The van der Waals surface area contributed by atoms with Gasteiger partial charge in [-0.3, -0.25) is 5.21 Å². The zero-order chi connectivity index (χ0) is 11.3. The summed E-state index contributed by atoms with van der Waals surface area (Å²) in [6.45, 7) is 5.31. The second-order valence-corrected chi connectivity index (χ2v) is 2.87. The highest BCUT2D eigenvalue weighted by atomic mass is 16.5. The van der Waals surface area contributed by atoms with Crippen molar-refractivity contribution in [2.75, 3.05) is 35.8 Å². The summed E-state index contributed by atoms with van der Waals surface area (Å²) in [4.78, 5) is 12.1. The third kappa shape index (κ3) is 3.21. The summed E-state index contributed by atoms with van der Waals surface area (Å²) < 4.78 is 0. The molecular weight excluding hydrogens is 196 g/mol. The number of hydrogen-bond acceptors (Lipinski definition) is 7. The van der Waals surface area contributed by atoms with Gasteiger partial charge in [-0.2, -0.15) is 15.0 Å². The highest BCUT2D eigenvalue weighted by Crippen LogP contribution is 2.10. The van der Waals surface area contributed by atoms with E-state index < -0.39 is 0 Å². The zero-order valence-corrected chi connectivity index (χ0v) is 9.15. The van der Waals surface area contributed by atoms with Crippen LogP contribution >= 0.6 is 0 Å². The van der Waals surface area contributed by atoms with E-state index in [1.165, 1.54) is 7.05 Å². The van der Waals surface area contributed by atoms with E-state index in [9.17, 15) is 5.21 Å².